The van der Waals surface area contributed by atoms with E-state index in [2.05, 4.69) is 31.8 Å². The van der Waals surface area contributed by atoms with Gasteiger partial charge in [0.2, 0.25) is 5.91 Å². The molecule has 1 fully saturated rings. The Kier molecular flexibility index (Phi) is 6.30. The summed E-state index contributed by atoms with van der Waals surface area (Å²) in [5.74, 6) is -1.72. The number of ether oxygens (including phenoxy) is 1. The second-order valence-corrected chi connectivity index (χ2v) is 7.16. The van der Waals surface area contributed by atoms with E-state index >= 15 is 0 Å². The molecule has 0 aromatic heterocycles. The third kappa shape index (κ3) is 4.33. The van der Waals surface area contributed by atoms with Crippen LogP contribution in [0.5, 0.6) is 11.5 Å². The maximum Gasteiger partial charge on any atom is 0.253 e. The van der Waals surface area contributed by atoms with Crippen LogP contribution in [0.15, 0.2) is 52.0 Å². The summed E-state index contributed by atoms with van der Waals surface area (Å²) < 4.78 is 6.06. The summed E-state index contributed by atoms with van der Waals surface area (Å²) in [5, 5.41) is 16.9. The van der Waals surface area contributed by atoms with Gasteiger partial charge in [0.05, 0.1) is 12.8 Å². The molecule has 1 aliphatic rings. The van der Waals surface area contributed by atoms with E-state index in [1.54, 1.807) is 12.1 Å². The fraction of sp³-hybridized carbons (Fsp3) is 0.250. The second-order valence-electron chi connectivity index (χ2n) is 6.25. The van der Waals surface area contributed by atoms with Crippen molar-refractivity contribution in [3.05, 3.63) is 58.1 Å². The van der Waals surface area contributed by atoms with Crippen LogP contribution in [-0.2, 0) is 9.59 Å². The zero-order chi connectivity index (χ0) is 20.1. The smallest absolute Gasteiger partial charge is 0.253 e. The highest BCUT2D eigenvalue weighted by Gasteiger charge is 2.40. The Balaban J connectivity index is 1.73. The fourth-order valence-corrected chi connectivity index (χ4v) is 3.58. The largest absolute Gasteiger partial charge is 0.504 e. The van der Waals surface area contributed by atoms with Gasteiger partial charge >= 0.3 is 0 Å². The first-order valence-electron chi connectivity index (χ1n) is 8.82. The van der Waals surface area contributed by atoms with Crippen LogP contribution in [0.4, 0.5) is 0 Å². The van der Waals surface area contributed by atoms with Crippen molar-refractivity contribution in [1.29, 1.82) is 0 Å². The van der Waals surface area contributed by atoms with E-state index in [-0.39, 0.29) is 17.6 Å². The molecule has 7 nitrogen and oxygen atoms in total. The lowest BCUT2D eigenvalue weighted by atomic mass is 9.88. The molecule has 2 atom stereocenters. The molecule has 2 aromatic carbocycles. The van der Waals surface area contributed by atoms with E-state index in [0.29, 0.717) is 28.9 Å². The molecule has 0 unspecified atom stereocenters. The third-order valence-electron chi connectivity index (χ3n) is 4.44. The van der Waals surface area contributed by atoms with Crippen molar-refractivity contribution >= 4 is 34.0 Å². The molecule has 0 bridgehead atoms. The lowest BCUT2D eigenvalue weighted by Gasteiger charge is -2.15. The zero-order valence-electron chi connectivity index (χ0n) is 15.2. The first-order chi connectivity index (χ1) is 13.5. The number of hydrazone groups is 1. The van der Waals surface area contributed by atoms with Crippen LogP contribution in [0.1, 0.15) is 24.0 Å². The topological polar surface area (TPSA) is 100 Å². The molecule has 1 heterocycles. The van der Waals surface area contributed by atoms with Crippen LogP contribution in [0.25, 0.3) is 0 Å². The molecule has 0 saturated carbocycles. The lowest BCUT2D eigenvalue weighted by Crippen LogP contribution is -2.34. The number of phenolic OH excluding ortho intramolecular Hbond substituents is 1. The van der Waals surface area contributed by atoms with Gasteiger partial charge in [-0.1, -0.05) is 46.3 Å². The number of phenols is 1. The Bertz CT molecular complexity index is 902. The predicted octanol–water partition coefficient (Wildman–Crippen LogP) is 2.53. The van der Waals surface area contributed by atoms with E-state index in [0.717, 1.165) is 5.56 Å². The minimum Gasteiger partial charge on any atom is -0.504 e. The molecule has 2 aromatic rings. The summed E-state index contributed by atoms with van der Waals surface area (Å²) >= 11 is 3.34. The van der Waals surface area contributed by atoms with Gasteiger partial charge in [0, 0.05) is 22.5 Å². The SMILES string of the molecule is CCOc1cc(Br)cc(/C=N/NC(=O)[C@H]2C(=O)NC[C@@H]2c2ccccc2)c1O. The van der Waals surface area contributed by atoms with E-state index in [4.69, 9.17) is 4.74 Å². The van der Waals surface area contributed by atoms with Crippen molar-refractivity contribution < 1.29 is 19.4 Å². The summed E-state index contributed by atoms with van der Waals surface area (Å²) in [7, 11) is 0. The zero-order valence-corrected chi connectivity index (χ0v) is 16.8. The predicted molar refractivity (Wildman–Crippen MR) is 108 cm³/mol. The second kappa shape index (κ2) is 8.88. The third-order valence-corrected chi connectivity index (χ3v) is 4.90. The molecule has 3 rings (SSSR count). The lowest BCUT2D eigenvalue weighted by molar-refractivity contribution is -0.133. The number of amides is 2. The van der Waals surface area contributed by atoms with E-state index < -0.39 is 11.8 Å². The van der Waals surface area contributed by atoms with Crippen molar-refractivity contribution in [3.63, 3.8) is 0 Å². The highest BCUT2D eigenvalue weighted by molar-refractivity contribution is 9.10. The van der Waals surface area contributed by atoms with Gasteiger partial charge in [-0.3, -0.25) is 9.59 Å². The van der Waals surface area contributed by atoms with Crippen molar-refractivity contribution in [2.24, 2.45) is 11.0 Å². The van der Waals surface area contributed by atoms with Crippen LogP contribution in [0, 0.1) is 5.92 Å². The monoisotopic (exact) mass is 445 g/mol. The van der Waals surface area contributed by atoms with Gasteiger partial charge in [0.25, 0.3) is 5.91 Å². The minimum absolute atomic E-state index is 0.0798. The number of rotatable bonds is 6. The highest BCUT2D eigenvalue weighted by atomic mass is 79.9. The average molecular weight is 446 g/mol. The van der Waals surface area contributed by atoms with Gasteiger partial charge in [0.1, 0.15) is 5.92 Å². The van der Waals surface area contributed by atoms with Crippen molar-refractivity contribution in [1.82, 2.24) is 10.7 Å². The van der Waals surface area contributed by atoms with Crippen LogP contribution in [0.3, 0.4) is 0 Å². The first-order valence-corrected chi connectivity index (χ1v) is 9.61. The van der Waals surface area contributed by atoms with Gasteiger partial charge in [-0.25, -0.2) is 5.43 Å². The number of halogens is 1. The Morgan fingerprint density at radius 2 is 2.14 bits per heavy atom. The van der Waals surface area contributed by atoms with Gasteiger partial charge < -0.3 is 15.2 Å². The Labute approximate surface area is 170 Å². The van der Waals surface area contributed by atoms with E-state index in [1.807, 2.05) is 37.3 Å². The van der Waals surface area contributed by atoms with Gasteiger partial charge in [0.15, 0.2) is 11.5 Å². The Hall–Kier alpha value is -2.87. The Morgan fingerprint density at radius 3 is 2.86 bits per heavy atom. The molecule has 0 radical (unpaired) electrons. The number of aromatic hydroxyl groups is 1. The molecule has 0 aliphatic carbocycles. The van der Waals surface area contributed by atoms with Crippen LogP contribution in [0.2, 0.25) is 0 Å². The normalized spacial score (nSPS) is 18.9. The first kappa shape index (κ1) is 19.9. The number of hydrogen-bond acceptors (Lipinski definition) is 5. The maximum atomic E-state index is 12.6. The van der Waals surface area contributed by atoms with Gasteiger partial charge in [-0.2, -0.15) is 5.10 Å². The van der Waals surface area contributed by atoms with Crippen LogP contribution >= 0.6 is 15.9 Å². The molecule has 0 spiro atoms. The fourth-order valence-electron chi connectivity index (χ4n) is 3.13. The van der Waals surface area contributed by atoms with Crippen molar-refractivity contribution in [3.8, 4) is 11.5 Å². The van der Waals surface area contributed by atoms with Gasteiger partial charge in [-0.05, 0) is 24.6 Å². The minimum atomic E-state index is -0.866. The molecule has 1 aliphatic heterocycles. The molecule has 146 valence electrons. The summed E-state index contributed by atoms with van der Waals surface area (Å²) in [4.78, 5) is 24.7. The summed E-state index contributed by atoms with van der Waals surface area (Å²) in [5.41, 5.74) is 3.69. The maximum absolute atomic E-state index is 12.6. The molecular formula is C20H20BrN3O4. The quantitative estimate of drug-likeness (QED) is 0.361. The molecule has 8 heteroatoms. The summed E-state index contributed by atoms with van der Waals surface area (Å²) in [6.07, 6.45) is 1.31. The molecule has 28 heavy (non-hydrogen) atoms. The van der Waals surface area contributed by atoms with Crippen LogP contribution in [-0.4, -0.2) is 36.3 Å². The molecule has 3 N–H and O–H groups in total. The number of hydrogen-bond donors (Lipinski definition) is 3. The number of nitrogens with one attached hydrogen (secondary N) is 2. The molecular weight excluding hydrogens is 426 g/mol. The number of benzene rings is 2. The van der Waals surface area contributed by atoms with Crippen molar-refractivity contribution in [2.75, 3.05) is 13.2 Å². The number of carbonyl (C=O) groups excluding carboxylic acids is 2. The van der Waals surface area contributed by atoms with E-state index in [9.17, 15) is 14.7 Å². The molecule has 1 saturated heterocycles. The molecule has 2 amide bonds. The van der Waals surface area contributed by atoms with Crippen molar-refractivity contribution in [2.45, 2.75) is 12.8 Å². The number of nitrogens with zero attached hydrogens (tertiary/aromatic N) is 1. The van der Waals surface area contributed by atoms with Gasteiger partial charge in [-0.15, -0.1) is 0 Å². The van der Waals surface area contributed by atoms with Crippen LogP contribution < -0.4 is 15.5 Å². The summed E-state index contributed by atoms with van der Waals surface area (Å²) in [6, 6.07) is 12.7. The highest BCUT2D eigenvalue weighted by Crippen LogP contribution is 2.33. The Morgan fingerprint density at radius 1 is 1.39 bits per heavy atom. The summed E-state index contributed by atoms with van der Waals surface area (Å²) in [6.45, 7) is 2.61. The average Bonchev–Trinajstić information content (AvgIpc) is 3.07. The van der Waals surface area contributed by atoms with E-state index in [1.165, 1.54) is 6.21 Å². The standard InChI is InChI=1S/C20H20BrN3O4/c1-2-28-16-9-14(21)8-13(18(16)25)10-23-24-20(27)17-15(11-22-19(17)26)12-6-4-3-5-7-12/h3-10,15,17,25H,2,11H2,1H3,(H,22,26)(H,24,27)/b23-10+/t15-,17-/m1/s1. The number of carbonyl (C=O) groups is 2.